The number of aliphatic hydroxyl groups excluding tert-OH is 1. The lowest BCUT2D eigenvalue weighted by molar-refractivity contribution is 0.00691. The monoisotopic (exact) mass is 342 g/mol. The number of aliphatic hydroxyl groups is 1. The van der Waals surface area contributed by atoms with Crippen LogP contribution in [0.5, 0.6) is 0 Å². The first-order valence-electron chi connectivity index (χ1n) is 7.91. The maximum absolute atomic E-state index is 12.4. The van der Waals surface area contributed by atoms with Crippen LogP contribution in [0.3, 0.4) is 0 Å². The van der Waals surface area contributed by atoms with Crippen LogP contribution in [0.15, 0.2) is 42.5 Å². The summed E-state index contributed by atoms with van der Waals surface area (Å²) in [5.74, 6) is -1.03. The summed E-state index contributed by atoms with van der Waals surface area (Å²) in [7, 11) is 1.47. The number of aromatic nitrogens is 1. The van der Waals surface area contributed by atoms with Gasteiger partial charge in [0.15, 0.2) is 0 Å². The van der Waals surface area contributed by atoms with Crippen LogP contribution in [0, 0.1) is 0 Å². The van der Waals surface area contributed by atoms with E-state index in [0.717, 1.165) is 0 Å². The van der Waals surface area contributed by atoms with Crippen molar-refractivity contribution in [1.82, 2.24) is 10.3 Å². The molecule has 6 nitrogen and oxygen atoms in total. The number of rotatable bonds is 4. The van der Waals surface area contributed by atoms with Gasteiger partial charge in [-0.1, -0.05) is 30.3 Å². The smallest absolute Gasteiger partial charge is 0.338 e. The van der Waals surface area contributed by atoms with Gasteiger partial charge in [-0.3, -0.25) is 4.79 Å². The first kappa shape index (κ1) is 18.6. The first-order valence-corrected chi connectivity index (χ1v) is 7.91. The SMILES string of the molecule is CNC(=O)c1cc(C(=O)OC(C)(C)C)cc([C@H](O)c2ccccc2)n1. The standard InChI is InChI=1S/C19H22N2O4/c1-19(2,3)25-18(24)13-10-14(21-15(11-13)17(23)20-4)16(22)12-8-6-5-7-9-12/h5-11,16,22H,1-4H3,(H,20,23)/t16-/m1/s1. The van der Waals surface area contributed by atoms with Crippen LogP contribution in [0.1, 0.15) is 59.0 Å². The van der Waals surface area contributed by atoms with E-state index in [2.05, 4.69) is 10.3 Å². The molecule has 1 atom stereocenters. The van der Waals surface area contributed by atoms with Gasteiger partial charge in [-0.05, 0) is 38.5 Å². The largest absolute Gasteiger partial charge is 0.456 e. The number of pyridine rings is 1. The summed E-state index contributed by atoms with van der Waals surface area (Å²) >= 11 is 0. The normalized spacial score (nSPS) is 12.4. The summed E-state index contributed by atoms with van der Waals surface area (Å²) in [6.07, 6.45) is -1.06. The van der Waals surface area contributed by atoms with Gasteiger partial charge in [0.25, 0.3) is 5.91 Å². The van der Waals surface area contributed by atoms with Crippen LogP contribution in [0.4, 0.5) is 0 Å². The Bertz CT molecular complexity index is 767. The third-order valence-corrected chi connectivity index (χ3v) is 3.33. The van der Waals surface area contributed by atoms with E-state index in [1.165, 1.54) is 19.2 Å². The number of amides is 1. The molecular formula is C19H22N2O4. The van der Waals surface area contributed by atoms with E-state index in [0.29, 0.717) is 5.56 Å². The number of nitrogens with zero attached hydrogens (tertiary/aromatic N) is 1. The lowest BCUT2D eigenvalue weighted by atomic mass is 10.0. The van der Waals surface area contributed by atoms with E-state index in [-0.39, 0.29) is 17.0 Å². The third kappa shape index (κ3) is 4.87. The van der Waals surface area contributed by atoms with Crippen molar-refractivity contribution in [1.29, 1.82) is 0 Å². The van der Waals surface area contributed by atoms with Crippen molar-refractivity contribution >= 4 is 11.9 Å². The highest BCUT2D eigenvalue weighted by atomic mass is 16.6. The van der Waals surface area contributed by atoms with E-state index < -0.39 is 23.6 Å². The molecule has 132 valence electrons. The summed E-state index contributed by atoms with van der Waals surface area (Å²) in [5, 5.41) is 13.0. The van der Waals surface area contributed by atoms with Crippen LogP contribution >= 0.6 is 0 Å². The summed E-state index contributed by atoms with van der Waals surface area (Å²) in [6, 6.07) is 11.7. The molecule has 1 aromatic heterocycles. The average Bonchev–Trinajstić information content (AvgIpc) is 2.59. The third-order valence-electron chi connectivity index (χ3n) is 3.33. The minimum Gasteiger partial charge on any atom is -0.456 e. The fourth-order valence-electron chi connectivity index (χ4n) is 2.20. The fourth-order valence-corrected chi connectivity index (χ4v) is 2.20. The number of hydrogen-bond acceptors (Lipinski definition) is 5. The van der Waals surface area contributed by atoms with Gasteiger partial charge in [-0.2, -0.15) is 0 Å². The van der Waals surface area contributed by atoms with Gasteiger partial charge in [0, 0.05) is 7.05 Å². The minimum atomic E-state index is -1.06. The number of nitrogens with one attached hydrogen (secondary N) is 1. The molecule has 0 saturated heterocycles. The van der Waals surface area contributed by atoms with E-state index in [9.17, 15) is 14.7 Å². The molecule has 1 heterocycles. The van der Waals surface area contributed by atoms with Crippen molar-refractivity contribution < 1.29 is 19.4 Å². The maximum atomic E-state index is 12.4. The lowest BCUT2D eigenvalue weighted by Crippen LogP contribution is -2.25. The Kier molecular flexibility index (Phi) is 5.54. The van der Waals surface area contributed by atoms with Gasteiger partial charge in [0.1, 0.15) is 17.4 Å². The van der Waals surface area contributed by atoms with Crippen molar-refractivity contribution in [3.63, 3.8) is 0 Å². The highest BCUT2D eigenvalue weighted by Gasteiger charge is 2.22. The zero-order valence-corrected chi connectivity index (χ0v) is 14.7. The predicted octanol–water partition coefficient (Wildman–Crippen LogP) is 2.48. The van der Waals surface area contributed by atoms with Gasteiger partial charge in [0.2, 0.25) is 0 Å². The van der Waals surface area contributed by atoms with Crippen molar-refractivity contribution in [2.75, 3.05) is 7.05 Å². The van der Waals surface area contributed by atoms with Crippen LogP contribution in [-0.4, -0.2) is 34.6 Å². The molecule has 0 radical (unpaired) electrons. The molecule has 0 spiro atoms. The minimum absolute atomic E-state index is 0.0378. The molecule has 2 N–H and O–H groups in total. The Balaban J connectivity index is 2.47. The molecule has 0 aliphatic carbocycles. The molecule has 1 aromatic carbocycles. The molecule has 1 amide bonds. The molecule has 2 aromatic rings. The molecule has 0 unspecified atom stereocenters. The first-order chi connectivity index (χ1) is 11.7. The summed E-state index contributed by atoms with van der Waals surface area (Å²) in [6.45, 7) is 5.27. The zero-order valence-electron chi connectivity index (χ0n) is 14.7. The molecule has 0 aliphatic rings. The van der Waals surface area contributed by atoms with Crippen molar-refractivity contribution in [2.45, 2.75) is 32.5 Å². The number of carbonyl (C=O) groups excluding carboxylic acids is 2. The number of hydrogen-bond donors (Lipinski definition) is 2. The number of carbonyl (C=O) groups is 2. The topological polar surface area (TPSA) is 88.5 Å². The molecule has 0 saturated carbocycles. The summed E-state index contributed by atoms with van der Waals surface area (Å²) < 4.78 is 5.35. The van der Waals surface area contributed by atoms with E-state index in [4.69, 9.17) is 4.74 Å². The second-order valence-corrected chi connectivity index (χ2v) is 6.56. The molecular weight excluding hydrogens is 320 g/mol. The second-order valence-electron chi connectivity index (χ2n) is 6.56. The maximum Gasteiger partial charge on any atom is 0.338 e. The Morgan fingerprint density at radius 3 is 2.36 bits per heavy atom. The van der Waals surface area contributed by atoms with E-state index in [1.807, 2.05) is 6.07 Å². The number of ether oxygens (including phenoxy) is 1. The number of benzene rings is 1. The fraction of sp³-hybridized carbons (Fsp3) is 0.316. The molecule has 6 heteroatoms. The van der Waals surface area contributed by atoms with Crippen LogP contribution in [0.2, 0.25) is 0 Å². The molecule has 0 fully saturated rings. The quantitative estimate of drug-likeness (QED) is 0.833. The Morgan fingerprint density at radius 2 is 1.80 bits per heavy atom. The Hall–Kier alpha value is -2.73. The van der Waals surface area contributed by atoms with Gasteiger partial charge in [0.05, 0.1) is 11.3 Å². The van der Waals surface area contributed by atoms with Gasteiger partial charge >= 0.3 is 5.97 Å². The summed E-state index contributed by atoms with van der Waals surface area (Å²) in [5.41, 5.74) is 0.336. The number of esters is 1. The summed E-state index contributed by atoms with van der Waals surface area (Å²) in [4.78, 5) is 28.5. The van der Waals surface area contributed by atoms with E-state index >= 15 is 0 Å². The zero-order chi connectivity index (χ0) is 18.6. The van der Waals surface area contributed by atoms with Gasteiger partial charge < -0.3 is 15.2 Å². The highest BCUT2D eigenvalue weighted by molar-refractivity contribution is 5.96. The Labute approximate surface area is 146 Å². The lowest BCUT2D eigenvalue weighted by Gasteiger charge is -2.20. The van der Waals surface area contributed by atoms with Crippen molar-refractivity contribution in [3.05, 3.63) is 65.0 Å². The van der Waals surface area contributed by atoms with Crippen molar-refractivity contribution in [2.24, 2.45) is 0 Å². The molecule has 2 rings (SSSR count). The average molecular weight is 342 g/mol. The van der Waals surface area contributed by atoms with Crippen LogP contribution in [-0.2, 0) is 4.74 Å². The molecule has 0 aliphatic heterocycles. The van der Waals surface area contributed by atoms with Crippen molar-refractivity contribution in [3.8, 4) is 0 Å². The Morgan fingerprint density at radius 1 is 1.16 bits per heavy atom. The van der Waals surface area contributed by atoms with Crippen LogP contribution in [0.25, 0.3) is 0 Å². The van der Waals surface area contributed by atoms with Gasteiger partial charge in [-0.25, -0.2) is 9.78 Å². The molecule has 25 heavy (non-hydrogen) atoms. The predicted molar refractivity (Wildman–Crippen MR) is 93.3 cm³/mol. The highest BCUT2D eigenvalue weighted by Crippen LogP contribution is 2.23. The van der Waals surface area contributed by atoms with Gasteiger partial charge in [-0.15, -0.1) is 0 Å². The van der Waals surface area contributed by atoms with E-state index in [1.54, 1.807) is 45.0 Å². The molecule has 0 bridgehead atoms. The second kappa shape index (κ2) is 7.44. The van der Waals surface area contributed by atoms with Crippen LogP contribution < -0.4 is 5.32 Å².